The number of hydrogen-bond donors (Lipinski definition) is 1. The number of thioether (sulfide) groups is 1. The van der Waals surface area contributed by atoms with Gasteiger partial charge in [-0.15, -0.1) is 0 Å². The van der Waals surface area contributed by atoms with Gasteiger partial charge >= 0.3 is 0 Å². The summed E-state index contributed by atoms with van der Waals surface area (Å²) in [6.45, 7) is 4.59. The van der Waals surface area contributed by atoms with E-state index in [2.05, 4.69) is 10.3 Å². The lowest BCUT2D eigenvalue weighted by atomic mass is 10.3. The third-order valence-electron chi connectivity index (χ3n) is 3.00. The van der Waals surface area contributed by atoms with Crippen molar-refractivity contribution in [2.75, 3.05) is 23.8 Å². The van der Waals surface area contributed by atoms with Gasteiger partial charge in [0.2, 0.25) is 0 Å². The Hall–Kier alpha value is -0.530. The van der Waals surface area contributed by atoms with Crippen LogP contribution in [0, 0.1) is 13.8 Å². The fourth-order valence-electron chi connectivity index (χ4n) is 1.86. The molecule has 1 atom stereocenters. The van der Waals surface area contributed by atoms with Gasteiger partial charge in [-0.3, -0.25) is 0 Å². The molecule has 0 amide bonds. The van der Waals surface area contributed by atoms with E-state index in [1.807, 2.05) is 13.8 Å². The molecule has 1 fully saturated rings. The minimum atomic E-state index is -2.79. The monoisotopic (exact) mass is 290 g/mol. The van der Waals surface area contributed by atoms with Crippen LogP contribution in [-0.4, -0.2) is 43.2 Å². The van der Waals surface area contributed by atoms with E-state index in [-0.39, 0.29) is 11.8 Å². The predicted octanol–water partition coefficient (Wildman–Crippen LogP) is 1.16. The van der Waals surface area contributed by atoms with Crippen molar-refractivity contribution >= 4 is 21.6 Å². The molecule has 0 saturated carbocycles. The van der Waals surface area contributed by atoms with Gasteiger partial charge in [-0.25, -0.2) is 13.4 Å². The van der Waals surface area contributed by atoms with Gasteiger partial charge < -0.3 is 9.73 Å². The molecule has 1 aromatic rings. The normalized spacial score (nSPS) is 22.4. The molecular formula is C11H18N2O3S2. The van der Waals surface area contributed by atoms with Crippen molar-refractivity contribution < 1.29 is 12.8 Å². The summed E-state index contributed by atoms with van der Waals surface area (Å²) in [5, 5.41) is 3.95. The minimum absolute atomic E-state index is 0.114. The minimum Gasteiger partial charge on any atom is -0.437 e. The maximum Gasteiger partial charge on any atom is 0.256 e. The summed E-state index contributed by atoms with van der Waals surface area (Å²) >= 11 is 1.55. The molecule has 1 unspecified atom stereocenters. The number of aryl methyl sites for hydroxylation is 2. The molecule has 1 N–H and O–H groups in total. The molecule has 0 aromatic carbocycles. The lowest BCUT2D eigenvalue weighted by Crippen LogP contribution is -2.31. The summed E-state index contributed by atoms with van der Waals surface area (Å²) in [7, 11) is -2.79. The first-order chi connectivity index (χ1) is 8.46. The average Bonchev–Trinajstić information content (AvgIpc) is 2.78. The first kappa shape index (κ1) is 13.9. The molecule has 7 heteroatoms. The number of nitrogens with one attached hydrogen (secondary N) is 1. The van der Waals surface area contributed by atoms with Crippen molar-refractivity contribution in [1.82, 2.24) is 10.3 Å². The van der Waals surface area contributed by atoms with Crippen LogP contribution in [0.4, 0.5) is 0 Å². The van der Waals surface area contributed by atoms with Crippen LogP contribution in [-0.2, 0) is 9.84 Å². The summed E-state index contributed by atoms with van der Waals surface area (Å²) in [5.74, 6) is 2.27. The van der Waals surface area contributed by atoms with Crippen LogP contribution in [0.1, 0.15) is 17.9 Å². The van der Waals surface area contributed by atoms with Crippen molar-refractivity contribution in [3.8, 4) is 0 Å². The molecule has 2 rings (SSSR count). The molecular weight excluding hydrogens is 272 g/mol. The molecule has 0 spiro atoms. The lowest BCUT2D eigenvalue weighted by molar-refractivity contribution is 0.431. The molecule has 0 aliphatic carbocycles. The summed E-state index contributed by atoms with van der Waals surface area (Å²) in [6.07, 6.45) is 0.726. The molecule has 102 valence electrons. The second-order valence-corrected chi connectivity index (χ2v) is 7.80. The predicted molar refractivity (Wildman–Crippen MR) is 71.8 cm³/mol. The average molecular weight is 290 g/mol. The molecule has 0 bridgehead atoms. The molecule has 2 heterocycles. The fraction of sp³-hybridized carbons (Fsp3) is 0.727. The summed E-state index contributed by atoms with van der Waals surface area (Å²) in [4.78, 5) is 4.28. The van der Waals surface area contributed by atoms with E-state index in [0.29, 0.717) is 11.0 Å². The van der Waals surface area contributed by atoms with Gasteiger partial charge in [-0.1, -0.05) is 11.8 Å². The summed E-state index contributed by atoms with van der Waals surface area (Å²) in [6, 6.07) is 0.114. The van der Waals surface area contributed by atoms with Gasteiger partial charge in [0.25, 0.3) is 5.22 Å². The van der Waals surface area contributed by atoms with Crippen LogP contribution < -0.4 is 5.32 Å². The Morgan fingerprint density at radius 1 is 1.50 bits per heavy atom. The second-order valence-electron chi connectivity index (χ2n) is 4.52. The zero-order chi connectivity index (χ0) is 13.2. The Morgan fingerprint density at radius 3 is 2.83 bits per heavy atom. The van der Waals surface area contributed by atoms with Gasteiger partial charge in [0, 0.05) is 18.3 Å². The van der Waals surface area contributed by atoms with Crippen LogP contribution in [0.5, 0.6) is 0 Å². The Morgan fingerprint density at radius 2 is 2.28 bits per heavy atom. The van der Waals surface area contributed by atoms with Gasteiger partial charge in [-0.2, -0.15) is 0 Å². The third kappa shape index (κ3) is 3.73. The molecule has 1 saturated heterocycles. The highest BCUT2D eigenvalue weighted by Crippen LogP contribution is 2.19. The Kier molecular flexibility index (Phi) is 4.34. The largest absolute Gasteiger partial charge is 0.437 e. The fourth-order valence-corrected chi connectivity index (χ4v) is 4.35. The number of oxazole rings is 1. The van der Waals surface area contributed by atoms with E-state index in [1.54, 1.807) is 11.8 Å². The summed E-state index contributed by atoms with van der Waals surface area (Å²) in [5.41, 5.74) is 0.923. The van der Waals surface area contributed by atoms with Crippen LogP contribution in [0.15, 0.2) is 9.64 Å². The van der Waals surface area contributed by atoms with E-state index < -0.39 is 9.84 Å². The first-order valence-corrected chi connectivity index (χ1v) is 8.77. The van der Waals surface area contributed by atoms with E-state index in [1.165, 1.54) is 0 Å². The van der Waals surface area contributed by atoms with Gasteiger partial charge in [0.05, 0.1) is 17.2 Å². The molecule has 1 aromatic heterocycles. The van der Waals surface area contributed by atoms with Gasteiger partial charge in [-0.05, 0) is 20.3 Å². The standard InChI is InChI=1S/C11H18N2O3S2/c1-8-9(2)16-11(13-8)17-5-4-12-10-3-6-18(14,15)7-10/h10,12H,3-7H2,1-2H3. The maximum absolute atomic E-state index is 11.3. The zero-order valence-corrected chi connectivity index (χ0v) is 12.2. The van der Waals surface area contributed by atoms with Crippen LogP contribution in [0.2, 0.25) is 0 Å². The van der Waals surface area contributed by atoms with E-state index >= 15 is 0 Å². The first-order valence-electron chi connectivity index (χ1n) is 5.97. The SMILES string of the molecule is Cc1nc(SCCNC2CCS(=O)(=O)C2)oc1C. The van der Waals surface area contributed by atoms with Gasteiger partial charge in [0.1, 0.15) is 5.76 Å². The highest BCUT2D eigenvalue weighted by molar-refractivity contribution is 7.99. The van der Waals surface area contributed by atoms with Crippen molar-refractivity contribution in [3.05, 3.63) is 11.5 Å². The van der Waals surface area contributed by atoms with Crippen molar-refractivity contribution in [2.45, 2.75) is 31.5 Å². The number of hydrogen-bond acceptors (Lipinski definition) is 6. The third-order valence-corrected chi connectivity index (χ3v) is 5.60. The number of sulfone groups is 1. The second kappa shape index (κ2) is 5.63. The number of nitrogens with zero attached hydrogens (tertiary/aromatic N) is 1. The number of aromatic nitrogens is 1. The molecule has 1 aliphatic heterocycles. The van der Waals surface area contributed by atoms with E-state index in [9.17, 15) is 8.42 Å². The maximum atomic E-state index is 11.3. The Bertz CT molecular complexity index is 491. The zero-order valence-electron chi connectivity index (χ0n) is 10.6. The molecule has 18 heavy (non-hydrogen) atoms. The van der Waals surface area contributed by atoms with Crippen LogP contribution in [0.3, 0.4) is 0 Å². The van der Waals surface area contributed by atoms with E-state index in [4.69, 9.17) is 4.42 Å². The summed E-state index contributed by atoms with van der Waals surface area (Å²) < 4.78 is 28.0. The Balaban J connectivity index is 1.68. The Labute approximate surface area is 112 Å². The van der Waals surface area contributed by atoms with Crippen molar-refractivity contribution in [3.63, 3.8) is 0 Å². The smallest absolute Gasteiger partial charge is 0.256 e. The highest BCUT2D eigenvalue weighted by atomic mass is 32.2. The topological polar surface area (TPSA) is 72.2 Å². The molecule has 1 aliphatic rings. The van der Waals surface area contributed by atoms with Gasteiger partial charge in [0.15, 0.2) is 9.84 Å². The number of rotatable bonds is 5. The molecule has 0 radical (unpaired) electrons. The lowest BCUT2D eigenvalue weighted by Gasteiger charge is -2.08. The quantitative estimate of drug-likeness (QED) is 0.648. The van der Waals surface area contributed by atoms with Crippen LogP contribution >= 0.6 is 11.8 Å². The van der Waals surface area contributed by atoms with E-state index in [0.717, 1.165) is 30.2 Å². The van der Waals surface area contributed by atoms with Crippen LogP contribution in [0.25, 0.3) is 0 Å². The molecule has 5 nitrogen and oxygen atoms in total. The van der Waals surface area contributed by atoms with Crippen molar-refractivity contribution in [1.29, 1.82) is 0 Å². The highest BCUT2D eigenvalue weighted by Gasteiger charge is 2.27. The van der Waals surface area contributed by atoms with Crippen molar-refractivity contribution in [2.24, 2.45) is 0 Å².